The maximum Gasteiger partial charge on any atom is 0.231 e. The van der Waals surface area contributed by atoms with Crippen LogP contribution in [0, 0.1) is 0 Å². The highest BCUT2D eigenvalue weighted by molar-refractivity contribution is 5.44. The molecule has 2 aromatic rings. The van der Waals surface area contributed by atoms with Crippen molar-refractivity contribution in [3.8, 4) is 11.5 Å². The van der Waals surface area contributed by atoms with Gasteiger partial charge in [-0.15, -0.1) is 0 Å². The molecule has 0 unspecified atom stereocenters. The maximum absolute atomic E-state index is 10.3. The van der Waals surface area contributed by atoms with Crippen LogP contribution in [-0.4, -0.2) is 40.5 Å². The SMILES string of the molecule is O[C@@H]1CCN(Cc2ccc3c(c2)OCO3)[C@@H]1Cc1cccnc1. The van der Waals surface area contributed by atoms with Gasteiger partial charge in [0, 0.05) is 31.5 Å². The van der Waals surface area contributed by atoms with Gasteiger partial charge in [0.1, 0.15) is 0 Å². The van der Waals surface area contributed by atoms with Crippen LogP contribution in [0.15, 0.2) is 42.7 Å². The zero-order valence-corrected chi connectivity index (χ0v) is 12.9. The molecule has 0 spiro atoms. The minimum absolute atomic E-state index is 0.129. The first kappa shape index (κ1) is 14.5. The van der Waals surface area contributed by atoms with Crippen LogP contribution in [0.1, 0.15) is 17.5 Å². The summed E-state index contributed by atoms with van der Waals surface area (Å²) in [6, 6.07) is 10.2. The summed E-state index contributed by atoms with van der Waals surface area (Å²) in [5.74, 6) is 1.62. The molecule has 0 bridgehead atoms. The number of aliphatic hydroxyl groups excluding tert-OH is 1. The first-order valence-electron chi connectivity index (χ1n) is 7.99. The number of aliphatic hydroxyl groups is 1. The Bertz CT molecular complexity index is 677. The van der Waals surface area contributed by atoms with Gasteiger partial charge in [-0.1, -0.05) is 12.1 Å². The molecule has 5 heteroatoms. The summed E-state index contributed by atoms with van der Waals surface area (Å²) < 4.78 is 10.8. The van der Waals surface area contributed by atoms with E-state index < -0.39 is 0 Å². The fourth-order valence-corrected chi connectivity index (χ4v) is 3.40. The first-order chi connectivity index (χ1) is 11.3. The molecule has 0 saturated carbocycles. The predicted octanol–water partition coefficient (Wildman–Crippen LogP) is 1.99. The molecule has 4 rings (SSSR count). The van der Waals surface area contributed by atoms with Crippen molar-refractivity contribution in [2.45, 2.75) is 31.5 Å². The summed E-state index contributed by atoms with van der Waals surface area (Å²) in [7, 11) is 0. The normalized spacial score (nSPS) is 23.3. The molecule has 1 saturated heterocycles. The molecule has 2 atom stereocenters. The zero-order valence-electron chi connectivity index (χ0n) is 12.9. The van der Waals surface area contributed by atoms with E-state index in [1.54, 1.807) is 6.20 Å². The number of benzene rings is 1. The van der Waals surface area contributed by atoms with Gasteiger partial charge < -0.3 is 14.6 Å². The van der Waals surface area contributed by atoms with Crippen LogP contribution in [-0.2, 0) is 13.0 Å². The van der Waals surface area contributed by atoms with Gasteiger partial charge in [0.25, 0.3) is 0 Å². The van der Waals surface area contributed by atoms with Crippen LogP contribution in [0.3, 0.4) is 0 Å². The Balaban J connectivity index is 1.49. The fourth-order valence-electron chi connectivity index (χ4n) is 3.40. The van der Waals surface area contributed by atoms with Crippen molar-refractivity contribution < 1.29 is 14.6 Å². The molecule has 5 nitrogen and oxygen atoms in total. The number of hydrogen-bond donors (Lipinski definition) is 1. The summed E-state index contributed by atoms with van der Waals surface area (Å²) in [5, 5.41) is 10.3. The van der Waals surface area contributed by atoms with Gasteiger partial charge in [-0.2, -0.15) is 0 Å². The van der Waals surface area contributed by atoms with Crippen molar-refractivity contribution in [3.63, 3.8) is 0 Å². The second kappa shape index (κ2) is 6.18. The number of ether oxygens (including phenoxy) is 2. The molecule has 0 aliphatic carbocycles. The summed E-state index contributed by atoms with van der Waals surface area (Å²) in [4.78, 5) is 6.51. The Kier molecular flexibility index (Phi) is 3.89. The van der Waals surface area contributed by atoms with Gasteiger partial charge >= 0.3 is 0 Å². The molecule has 1 aromatic heterocycles. The standard InChI is InChI=1S/C18H20N2O3/c21-16-5-7-20(15(16)8-13-2-1-6-19-10-13)11-14-3-4-17-18(9-14)23-12-22-17/h1-4,6,9-10,15-16,21H,5,7-8,11-12H2/t15-,16-/m1/s1. The van der Waals surface area contributed by atoms with Crippen LogP contribution in [0.2, 0.25) is 0 Å². The zero-order chi connectivity index (χ0) is 15.6. The molecule has 1 N–H and O–H groups in total. The predicted molar refractivity (Wildman–Crippen MR) is 85.3 cm³/mol. The van der Waals surface area contributed by atoms with E-state index >= 15 is 0 Å². The van der Waals surface area contributed by atoms with Gasteiger partial charge in [0.15, 0.2) is 11.5 Å². The Hall–Kier alpha value is -2.11. The molecular formula is C18H20N2O3. The van der Waals surface area contributed by atoms with Crippen molar-refractivity contribution >= 4 is 0 Å². The van der Waals surface area contributed by atoms with E-state index in [1.165, 1.54) is 5.56 Å². The smallest absolute Gasteiger partial charge is 0.231 e. The quantitative estimate of drug-likeness (QED) is 0.936. The number of rotatable bonds is 4. The molecule has 1 aromatic carbocycles. The summed E-state index contributed by atoms with van der Waals surface area (Å²) >= 11 is 0. The lowest BCUT2D eigenvalue weighted by Gasteiger charge is -2.26. The molecule has 0 radical (unpaired) electrons. The number of pyridine rings is 1. The third kappa shape index (κ3) is 3.02. The molecular weight excluding hydrogens is 292 g/mol. The van der Waals surface area contributed by atoms with E-state index in [4.69, 9.17) is 9.47 Å². The lowest BCUT2D eigenvalue weighted by molar-refractivity contribution is 0.112. The highest BCUT2D eigenvalue weighted by Gasteiger charge is 2.32. The van der Waals surface area contributed by atoms with Crippen LogP contribution in [0.25, 0.3) is 0 Å². The Labute approximate surface area is 135 Å². The fraction of sp³-hybridized carbons (Fsp3) is 0.389. The third-order valence-corrected chi connectivity index (χ3v) is 4.62. The number of fused-ring (bicyclic) bond motifs is 1. The van der Waals surface area contributed by atoms with E-state index in [2.05, 4.69) is 22.0 Å². The number of nitrogens with zero attached hydrogens (tertiary/aromatic N) is 2. The molecule has 2 aliphatic heterocycles. The average molecular weight is 312 g/mol. The Morgan fingerprint density at radius 2 is 2.09 bits per heavy atom. The van der Waals surface area contributed by atoms with Crippen LogP contribution < -0.4 is 9.47 Å². The summed E-state index contributed by atoms with van der Waals surface area (Å²) in [6.45, 7) is 2.00. The number of hydrogen-bond acceptors (Lipinski definition) is 5. The van der Waals surface area contributed by atoms with Crippen LogP contribution >= 0.6 is 0 Å². The monoisotopic (exact) mass is 312 g/mol. The minimum atomic E-state index is -0.288. The highest BCUT2D eigenvalue weighted by Crippen LogP contribution is 2.33. The second-order valence-corrected chi connectivity index (χ2v) is 6.15. The first-order valence-corrected chi connectivity index (χ1v) is 7.99. The lowest BCUT2D eigenvalue weighted by Crippen LogP contribution is -2.36. The molecule has 2 aliphatic rings. The van der Waals surface area contributed by atoms with Crippen molar-refractivity contribution in [1.29, 1.82) is 0 Å². The molecule has 3 heterocycles. The van der Waals surface area contributed by atoms with Gasteiger partial charge in [-0.25, -0.2) is 0 Å². The topological polar surface area (TPSA) is 54.8 Å². The van der Waals surface area contributed by atoms with Crippen LogP contribution in [0.5, 0.6) is 11.5 Å². The van der Waals surface area contributed by atoms with Gasteiger partial charge in [-0.3, -0.25) is 9.88 Å². The molecule has 1 fully saturated rings. The summed E-state index contributed by atoms with van der Waals surface area (Å²) in [6.07, 6.45) is 5.00. The number of likely N-dealkylation sites (tertiary alicyclic amines) is 1. The molecule has 120 valence electrons. The lowest BCUT2D eigenvalue weighted by atomic mass is 10.0. The van der Waals surface area contributed by atoms with Crippen molar-refractivity contribution in [1.82, 2.24) is 9.88 Å². The largest absolute Gasteiger partial charge is 0.454 e. The highest BCUT2D eigenvalue weighted by atomic mass is 16.7. The average Bonchev–Trinajstić information content (AvgIpc) is 3.17. The van der Waals surface area contributed by atoms with E-state index in [-0.39, 0.29) is 12.1 Å². The van der Waals surface area contributed by atoms with Crippen molar-refractivity contribution in [2.75, 3.05) is 13.3 Å². The van der Waals surface area contributed by atoms with Gasteiger partial charge in [-0.05, 0) is 42.2 Å². The van der Waals surface area contributed by atoms with Gasteiger partial charge in [0.2, 0.25) is 6.79 Å². The Morgan fingerprint density at radius 3 is 2.96 bits per heavy atom. The molecule has 23 heavy (non-hydrogen) atoms. The van der Waals surface area contributed by atoms with E-state index in [9.17, 15) is 5.11 Å². The maximum atomic E-state index is 10.3. The Morgan fingerprint density at radius 1 is 1.17 bits per heavy atom. The van der Waals surface area contributed by atoms with Crippen molar-refractivity contribution in [3.05, 3.63) is 53.9 Å². The minimum Gasteiger partial charge on any atom is -0.454 e. The second-order valence-electron chi connectivity index (χ2n) is 6.15. The van der Waals surface area contributed by atoms with E-state index in [0.29, 0.717) is 6.79 Å². The van der Waals surface area contributed by atoms with Gasteiger partial charge in [0.05, 0.1) is 6.10 Å². The van der Waals surface area contributed by atoms with Crippen molar-refractivity contribution in [2.24, 2.45) is 0 Å². The van der Waals surface area contributed by atoms with E-state index in [0.717, 1.165) is 43.0 Å². The summed E-state index contributed by atoms with van der Waals surface area (Å²) in [5.41, 5.74) is 2.34. The van der Waals surface area contributed by atoms with Crippen LogP contribution in [0.4, 0.5) is 0 Å². The number of aromatic nitrogens is 1. The van der Waals surface area contributed by atoms with E-state index in [1.807, 2.05) is 24.4 Å². The molecule has 0 amide bonds. The third-order valence-electron chi connectivity index (χ3n) is 4.62.